The van der Waals surface area contributed by atoms with Crippen LogP contribution in [-0.2, 0) is 5.75 Å². The largest absolute Gasteiger partial charge is 0.175 e. The van der Waals surface area contributed by atoms with Gasteiger partial charge in [0.05, 0.1) is 0 Å². The number of benzene rings is 1. The molecule has 0 aliphatic carbocycles. The first-order valence-electron chi connectivity index (χ1n) is 6.06. The number of hydrogen-bond acceptors (Lipinski definition) is 1. The van der Waals surface area contributed by atoms with Crippen molar-refractivity contribution in [3.05, 3.63) is 35.4 Å². The molecule has 0 fully saturated rings. The molecule has 0 bridgehead atoms. The van der Waals surface area contributed by atoms with Crippen molar-refractivity contribution in [2.24, 2.45) is 0 Å². The van der Waals surface area contributed by atoms with E-state index in [1.54, 1.807) is 0 Å². The van der Waals surface area contributed by atoms with Crippen LogP contribution in [0.3, 0.4) is 0 Å². The minimum absolute atomic E-state index is 0.765. The van der Waals surface area contributed by atoms with Crippen molar-refractivity contribution in [2.75, 3.05) is 0 Å². The zero-order chi connectivity index (χ0) is 11.6. The SMILES string of the molecule is CCCCCCC#Cc1ccccc1CS. The highest BCUT2D eigenvalue weighted by molar-refractivity contribution is 7.79. The van der Waals surface area contributed by atoms with Crippen LogP contribution in [0, 0.1) is 11.8 Å². The van der Waals surface area contributed by atoms with E-state index >= 15 is 0 Å². The van der Waals surface area contributed by atoms with Crippen LogP contribution in [-0.4, -0.2) is 0 Å². The van der Waals surface area contributed by atoms with Gasteiger partial charge in [0.25, 0.3) is 0 Å². The molecule has 1 aromatic rings. The molecule has 1 aromatic carbocycles. The third-order valence-electron chi connectivity index (χ3n) is 2.57. The number of rotatable bonds is 5. The molecule has 0 nitrogen and oxygen atoms in total. The molecule has 0 heterocycles. The van der Waals surface area contributed by atoms with Crippen molar-refractivity contribution in [1.82, 2.24) is 0 Å². The van der Waals surface area contributed by atoms with Crippen LogP contribution in [0.1, 0.15) is 50.2 Å². The van der Waals surface area contributed by atoms with Crippen molar-refractivity contribution in [3.8, 4) is 11.8 Å². The first kappa shape index (κ1) is 13.2. The minimum Gasteiger partial charge on any atom is -0.175 e. The van der Waals surface area contributed by atoms with E-state index in [9.17, 15) is 0 Å². The summed E-state index contributed by atoms with van der Waals surface area (Å²) in [5, 5.41) is 0. The number of unbranched alkanes of at least 4 members (excludes halogenated alkanes) is 4. The van der Waals surface area contributed by atoms with Crippen LogP contribution in [0.25, 0.3) is 0 Å². The molecule has 0 atom stereocenters. The van der Waals surface area contributed by atoms with Crippen LogP contribution in [0.2, 0.25) is 0 Å². The van der Waals surface area contributed by atoms with E-state index < -0.39 is 0 Å². The Bertz CT molecular complexity index is 357. The Hall–Kier alpha value is -0.870. The maximum absolute atomic E-state index is 4.30. The van der Waals surface area contributed by atoms with Gasteiger partial charge >= 0.3 is 0 Å². The first-order chi connectivity index (χ1) is 7.88. The summed E-state index contributed by atoms with van der Waals surface area (Å²) < 4.78 is 0. The van der Waals surface area contributed by atoms with Gasteiger partial charge in [0.15, 0.2) is 0 Å². The van der Waals surface area contributed by atoms with Crippen LogP contribution in [0.4, 0.5) is 0 Å². The summed E-state index contributed by atoms with van der Waals surface area (Å²) in [6.07, 6.45) is 6.16. The molecule has 1 rings (SSSR count). The molecule has 0 spiro atoms. The van der Waals surface area contributed by atoms with Gasteiger partial charge in [-0.3, -0.25) is 0 Å². The molecule has 0 saturated heterocycles. The molecular formula is C15H20S. The van der Waals surface area contributed by atoms with Gasteiger partial charge in [-0.15, -0.1) is 0 Å². The lowest BCUT2D eigenvalue weighted by atomic mass is 10.1. The van der Waals surface area contributed by atoms with Gasteiger partial charge in [-0.05, 0) is 18.1 Å². The highest BCUT2D eigenvalue weighted by atomic mass is 32.1. The van der Waals surface area contributed by atoms with Crippen molar-refractivity contribution < 1.29 is 0 Å². The molecular weight excluding hydrogens is 212 g/mol. The van der Waals surface area contributed by atoms with Crippen LogP contribution < -0.4 is 0 Å². The summed E-state index contributed by atoms with van der Waals surface area (Å²) >= 11 is 4.30. The van der Waals surface area contributed by atoms with Gasteiger partial charge in [-0.1, -0.05) is 56.2 Å². The predicted octanol–water partition coefficient (Wildman–Crippen LogP) is 4.44. The molecule has 0 radical (unpaired) electrons. The van der Waals surface area contributed by atoms with Crippen molar-refractivity contribution in [2.45, 2.75) is 44.8 Å². The Balaban J connectivity index is 2.43. The second kappa shape index (κ2) is 8.30. The first-order valence-corrected chi connectivity index (χ1v) is 6.69. The van der Waals surface area contributed by atoms with Crippen molar-refractivity contribution >= 4 is 12.6 Å². The monoisotopic (exact) mass is 232 g/mol. The van der Waals surface area contributed by atoms with E-state index in [2.05, 4.69) is 43.5 Å². The quantitative estimate of drug-likeness (QED) is 0.433. The summed E-state index contributed by atoms with van der Waals surface area (Å²) in [7, 11) is 0. The Kier molecular flexibility index (Phi) is 6.85. The molecule has 0 aliphatic heterocycles. The number of hydrogen-bond donors (Lipinski definition) is 1. The average molecular weight is 232 g/mol. The standard InChI is InChI=1S/C15H20S/c1-2-3-4-5-6-7-10-14-11-8-9-12-15(14)13-16/h8-9,11-12,16H,2-6,13H2,1H3. The molecule has 0 amide bonds. The second-order valence-electron chi connectivity index (χ2n) is 3.93. The molecule has 0 aromatic heterocycles. The van der Waals surface area contributed by atoms with Crippen molar-refractivity contribution in [1.29, 1.82) is 0 Å². The van der Waals surface area contributed by atoms with E-state index in [0.29, 0.717) is 0 Å². The fourth-order valence-corrected chi connectivity index (χ4v) is 1.85. The third kappa shape index (κ3) is 4.77. The molecule has 0 unspecified atom stereocenters. The van der Waals surface area contributed by atoms with Gasteiger partial charge in [-0.2, -0.15) is 12.6 Å². The smallest absolute Gasteiger partial charge is 0.0285 e. The minimum atomic E-state index is 0.765. The van der Waals surface area contributed by atoms with Gasteiger partial charge in [-0.25, -0.2) is 0 Å². The molecule has 86 valence electrons. The molecule has 16 heavy (non-hydrogen) atoms. The highest BCUT2D eigenvalue weighted by Gasteiger charge is 1.94. The van der Waals surface area contributed by atoms with Crippen molar-refractivity contribution in [3.63, 3.8) is 0 Å². The lowest BCUT2D eigenvalue weighted by Crippen LogP contribution is -1.84. The predicted molar refractivity (Wildman–Crippen MR) is 74.8 cm³/mol. The Morgan fingerprint density at radius 1 is 1.12 bits per heavy atom. The average Bonchev–Trinajstić information content (AvgIpc) is 2.34. The maximum atomic E-state index is 4.30. The summed E-state index contributed by atoms with van der Waals surface area (Å²) in [6.45, 7) is 2.23. The zero-order valence-corrected chi connectivity index (χ0v) is 10.9. The van der Waals surface area contributed by atoms with Crippen LogP contribution in [0.5, 0.6) is 0 Å². The van der Waals surface area contributed by atoms with Crippen LogP contribution in [0.15, 0.2) is 24.3 Å². The summed E-state index contributed by atoms with van der Waals surface area (Å²) in [4.78, 5) is 0. The molecule has 0 saturated carbocycles. The van der Waals surface area contributed by atoms with E-state index in [4.69, 9.17) is 0 Å². The Labute approximate surface area is 105 Å². The lowest BCUT2D eigenvalue weighted by Gasteiger charge is -1.98. The van der Waals surface area contributed by atoms with E-state index in [1.807, 2.05) is 12.1 Å². The fraction of sp³-hybridized carbons (Fsp3) is 0.467. The van der Waals surface area contributed by atoms with Gasteiger partial charge in [0.2, 0.25) is 0 Å². The summed E-state index contributed by atoms with van der Waals surface area (Å²) in [5.74, 6) is 7.26. The van der Waals surface area contributed by atoms with E-state index in [1.165, 1.54) is 31.2 Å². The Morgan fingerprint density at radius 2 is 1.94 bits per heavy atom. The third-order valence-corrected chi connectivity index (χ3v) is 2.91. The lowest BCUT2D eigenvalue weighted by molar-refractivity contribution is 0.679. The number of thiol groups is 1. The summed E-state index contributed by atoms with van der Waals surface area (Å²) in [6, 6.07) is 8.24. The maximum Gasteiger partial charge on any atom is 0.0285 e. The zero-order valence-electron chi connectivity index (χ0n) is 10.00. The molecule has 0 aliphatic rings. The van der Waals surface area contributed by atoms with Gasteiger partial charge < -0.3 is 0 Å². The fourth-order valence-electron chi connectivity index (χ4n) is 1.58. The van der Waals surface area contributed by atoms with Gasteiger partial charge in [0, 0.05) is 17.7 Å². The normalized spacial score (nSPS) is 9.62. The molecule has 1 heteroatoms. The highest BCUT2D eigenvalue weighted by Crippen LogP contribution is 2.09. The van der Waals surface area contributed by atoms with Crippen LogP contribution >= 0.6 is 12.6 Å². The Morgan fingerprint density at radius 3 is 2.69 bits per heavy atom. The van der Waals surface area contributed by atoms with Gasteiger partial charge in [0.1, 0.15) is 0 Å². The van der Waals surface area contributed by atoms with E-state index in [-0.39, 0.29) is 0 Å². The second-order valence-corrected chi connectivity index (χ2v) is 4.24. The summed E-state index contributed by atoms with van der Waals surface area (Å²) in [5.41, 5.74) is 2.36. The molecule has 0 N–H and O–H groups in total. The van der Waals surface area contributed by atoms with E-state index in [0.717, 1.165) is 17.7 Å². The topological polar surface area (TPSA) is 0 Å².